The van der Waals surface area contributed by atoms with Crippen LogP contribution in [0.3, 0.4) is 0 Å². The summed E-state index contributed by atoms with van der Waals surface area (Å²) in [6.45, 7) is 7.43. The number of piperazine rings is 1. The van der Waals surface area contributed by atoms with Crippen molar-refractivity contribution in [2.75, 3.05) is 32.7 Å². The number of aromatic nitrogens is 2. The van der Waals surface area contributed by atoms with Gasteiger partial charge in [0.15, 0.2) is 0 Å². The average molecular weight is 347 g/mol. The molecule has 0 aliphatic carbocycles. The summed E-state index contributed by atoms with van der Waals surface area (Å²) >= 11 is 5.88. The lowest BCUT2D eigenvalue weighted by molar-refractivity contribution is -0.132. The van der Waals surface area contributed by atoms with Gasteiger partial charge < -0.3 is 9.47 Å². The number of nitrogens with zero attached hydrogens (tertiary/aromatic N) is 4. The van der Waals surface area contributed by atoms with Gasteiger partial charge in [-0.1, -0.05) is 23.7 Å². The molecule has 2 heterocycles. The number of halogens is 1. The summed E-state index contributed by atoms with van der Waals surface area (Å²) in [5.41, 5.74) is 1.02. The molecule has 0 saturated carbocycles. The summed E-state index contributed by atoms with van der Waals surface area (Å²) < 4.78 is 2.16. The topological polar surface area (TPSA) is 41.4 Å². The number of hydrogen-bond donors (Lipinski definition) is 0. The first kappa shape index (κ1) is 17.0. The quantitative estimate of drug-likeness (QED) is 0.833. The Bertz CT molecular complexity index is 675. The number of carbonyl (C=O) groups excluding carboxylic acids is 1. The van der Waals surface area contributed by atoms with E-state index in [-0.39, 0.29) is 5.91 Å². The maximum atomic E-state index is 12.4. The van der Waals surface area contributed by atoms with E-state index >= 15 is 0 Å². The first-order valence-electron chi connectivity index (χ1n) is 8.34. The molecule has 1 amide bonds. The van der Waals surface area contributed by atoms with Gasteiger partial charge in [-0.2, -0.15) is 0 Å². The molecule has 3 rings (SSSR count). The molecular weight excluding hydrogens is 324 g/mol. The first-order valence-corrected chi connectivity index (χ1v) is 8.72. The van der Waals surface area contributed by atoms with Gasteiger partial charge in [-0.25, -0.2) is 4.98 Å². The van der Waals surface area contributed by atoms with Gasteiger partial charge in [-0.3, -0.25) is 9.69 Å². The van der Waals surface area contributed by atoms with Crippen LogP contribution in [0, 0.1) is 6.92 Å². The third-order valence-electron chi connectivity index (χ3n) is 4.57. The molecule has 1 aromatic heterocycles. The fourth-order valence-corrected chi connectivity index (χ4v) is 3.12. The Morgan fingerprint density at radius 3 is 2.46 bits per heavy atom. The van der Waals surface area contributed by atoms with Crippen molar-refractivity contribution >= 4 is 17.5 Å². The molecule has 0 spiro atoms. The lowest BCUT2D eigenvalue weighted by Crippen LogP contribution is -2.49. The van der Waals surface area contributed by atoms with Crippen LogP contribution in [-0.4, -0.2) is 58.0 Å². The SMILES string of the molecule is Cc1nccn1CCN1CCN(C(=O)Cc2ccc(Cl)cc2)CC1. The highest BCUT2D eigenvalue weighted by Crippen LogP contribution is 2.12. The van der Waals surface area contributed by atoms with E-state index in [1.165, 1.54) is 0 Å². The Morgan fingerprint density at radius 1 is 1.12 bits per heavy atom. The molecular formula is C18H23ClN4O. The van der Waals surface area contributed by atoms with E-state index in [9.17, 15) is 4.79 Å². The van der Waals surface area contributed by atoms with Gasteiger partial charge in [0, 0.05) is 56.7 Å². The molecule has 1 fully saturated rings. The molecule has 1 saturated heterocycles. The molecule has 0 N–H and O–H groups in total. The third-order valence-corrected chi connectivity index (χ3v) is 4.83. The second-order valence-electron chi connectivity index (χ2n) is 6.19. The summed E-state index contributed by atoms with van der Waals surface area (Å²) in [6.07, 6.45) is 4.30. The smallest absolute Gasteiger partial charge is 0.227 e. The van der Waals surface area contributed by atoms with Crippen LogP contribution >= 0.6 is 11.6 Å². The molecule has 1 aliphatic rings. The van der Waals surface area contributed by atoms with Crippen molar-refractivity contribution in [3.8, 4) is 0 Å². The second-order valence-corrected chi connectivity index (χ2v) is 6.63. The number of carbonyl (C=O) groups is 1. The van der Waals surface area contributed by atoms with Gasteiger partial charge in [0.1, 0.15) is 5.82 Å². The minimum Gasteiger partial charge on any atom is -0.340 e. The van der Waals surface area contributed by atoms with E-state index in [1.807, 2.05) is 48.5 Å². The Labute approximate surface area is 147 Å². The van der Waals surface area contributed by atoms with Crippen molar-refractivity contribution in [1.82, 2.24) is 19.4 Å². The molecule has 1 aliphatic heterocycles. The van der Waals surface area contributed by atoms with Crippen molar-refractivity contribution in [3.05, 3.63) is 53.1 Å². The second kappa shape index (κ2) is 7.81. The lowest BCUT2D eigenvalue weighted by Gasteiger charge is -2.35. The molecule has 0 radical (unpaired) electrons. The zero-order chi connectivity index (χ0) is 16.9. The normalized spacial score (nSPS) is 15.7. The number of hydrogen-bond acceptors (Lipinski definition) is 3. The van der Waals surface area contributed by atoms with E-state index in [0.717, 1.165) is 50.7 Å². The predicted molar refractivity (Wildman–Crippen MR) is 95.1 cm³/mol. The molecule has 6 heteroatoms. The Kier molecular flexibility index (Phi) is 5.53. The molecule has 0 unspecified atom stereocenters. The minimum atomic E-state index is 0.197. The van der Waals surface area contributed by atoms with Crippen molar-refractivity contribution in [2.24, 2.45) is 0 Å². The number of benzene rings is 1. The predicted octanol–water partition coefficient (Wildman–Crippen LogP) is 2.23. The van der Waals surface area contributed by atoms with Crippen molar-refractivity contribution < 1.29 is 4.79 Å². The van der Waals surface area contributed by atoms with Crippen LogP contribution in [0.25, 0.3) is 0 Å². The minimum absolute atomic E-state index is 0.197. The zero-order valence-corrected chi connectivity index (χ0v) is 14.7. The first-order chi connectivity index (χ1) is 11.6. The fourth-order valence-electron chi connectivity index (χ4n) is 3.00. The van der Waals surface area contributed by atoms with Crippen LogP contribution in [0.15, 0.2) is 36.7 Å². The largest absolute Gasteiger partial charge is 0.340 e. The molecule has 0 atom stereocenters. The monoisotopic (exact) mass is 346 g/mol. The summed E-state index contributed by atoms with van der Waals surface area (Å²) in [7, 11) is 0. The van der Waals surface area contributed by atoms with Crippen LogP contribution in [0.5, 0.6) is 0 Å². The highest BCUT2D eigenvalue weighted by Gasteiger charge is 2.21. The maximum absolute atomic E-state index is 12.4. The van der Waals surface area contributed by atoms with E-state index < -0.39 is 0 Å². The molecule has 2 aromatic rings. The Balaban J connectivity index is 1.43. The fraction of sp³-hybridized carbons (Fsp3) is 0.444. The van der Waals surface area contributed by atoms with Crippen molar-refractivity contribution in [2.45, 2.75) is 19.9 Å². The summed E-state index contributed by atoms with van der Waals surface area (Å²) in [4.78, 5) is 21.0. The molecule has 5 nitrogen and oxygen atoms in total. The van der Waals surface area contributed by atoms with Gasteiger partial charge in [0.25, 0.3) is 0 Å². The van der Waals surface area contributed by atoms with E-state index in [2.05, 4.69) is 14.5 Å². The summed E-state index contributed by atoms with van der Waals surface area (Å²) in [5, 5.41) is 0.702. The number of rotatable bonds is 5. The van der Waals surface area contributed by atoms with E-state index in [1.54, 1.807) is 0 Å². The van der Waals surface area contributed by atoms with Crippen LogP contribution in [0.4, 0.5) is 0 Å². The number of amides is 1. The molecule has 128 valence electrons. The van der Waals surface area contributed by atoms with Gasteiger partial charge in [0.05, 0.1) is 6.42 Å². The van der Waals surface area contributed by atoms with Crippen molar-refractivity contribution in [3.63, 3.8) is 0 Å². The highest BCUT2D eigenvalue weighted by atomic mass is 35.5. The standard InChI is InChI=1S/C18H23ClN4O/c1-15-20-6-7-22(15)11-8-21-9-12-23(13-10-21)18(24)14-16-2-4-17(19)5-3-16/h2-7H,8-14H2,1H3. The van der Waals surface area contributed by atoms with Gasteiger partial charge in [-0.05, 0) is 24.6 Å². The van der Waals surface area contributed by atoms with Gasteiger partial charge in [-0.15, -0.1) is 0 Å². The van der Waals surface area contributed by atoms with Crippen LogP contribution in [-0.2, 0) is 17.8 Å². The van der Waals surface area contributed by atoms with Gasteiger partial charge >= 0.3 is 0 Å². The molecule has 1 aromatic carbocycles. The maximum Gasteiger partial charge on any atom is 0.227 e. The van der Waals surface area contributed by atoms with E-state index in [0.29, 0.717) is 11.4 Å². The van der Waals surface area contributed by atoms with Crippen LogP contribution < -0.4 is 0 Å². The zero-order valence-electron chi connectivity index (χ0n) is 14.0. The molecule has 24 heavy (non-hydrogen) atoms. The highest BCUT2D eigenvalue weighted by molar-refractivity contribution is 6.30. The Hall–Kier alpha value is -1.85. The van der Waals surface area contributed by atoms with Crippen LogP contribution in [0.1, 0.15) is 11.4 Å². The number of aryl methyl sites for hydroxylation is 1. The van der Waals surface area contributed by atoms with Crippen molar-refractivity contribution in [1.29, 1.82) is 0 Å². The van der Waals surface area contributed by atoms with Crippen LogP contribution in [0.2, 0.25) is 5.02 Å². The third kappa shape index (κ3) is 4.36. The average Bonchev–Trinajstić information content (AvgIpc) is 3.00. The molecule has 0 bridgehead atoms. The Morgan fingerprint density at radius 2 is 1.83 bits per heavy atom. The lowest BCUT2D eigenvalue weighted by atomic mass is 10.1. The summed E-state index contributed by atoms with van der Waals surface area (Å²) in [5.74, 6) is 1.24. The number of imidazole rings is 1. The van der Waals surface area contributed by atoms with Gasteiger partial charge in [0.2, 0.25) is 5.91 Å². The van der Waals surface area contributed by atoms with E-state index in [4.69, 9.17) is 11.6 Å². The summed E-state index contributed by atoms with van der Waals surface area (Å²) in [6, 6.07) is 7.51.